The Kier molecular flexibility index (Phi) is 6.72. The summed E-state index contributed by atoms with van der Waals surface area (Å²) >= 11 is 0. The van der Waals surface area contributed by atoms with Crippen molar-refractivity contribution in [2.45, 2.75) is 33.2 Å². The molecule has 0 saturated heterocycles. The summed E-state index contributed by atoms with van der Waals surface area (Å²) in [7, 11) is 1.58. The van der Waals surface area contributed by atoms with Gasteiger partial charge in [-0.25, -0.2) is 0 Å². The highest BCUT2D eigenvalue weighted by atomic mass is 16.4. The second-order valence-corrected chi connectivity index (χ2v) is 4.01. The topological polar surface area (TPSA) is 69.6 Å². The fourth-order valence-corrected chi connectivity index (χ4v) is 1.50. The van der Waals surface area contributed by atoms with Gasteiger partial charge in [-0.2, -0.15) is 0 Å². The number of nitrogens with zero attached hydrogens (tertiary/aromatic N) is 1. The molecule has 0 aliphatic rings. The minimum Gasteiger partial charge on any atom is -0.481 e. The van der Waals surface area contributed by atoms with E-state index in [2.05, 4.69) is 5.32 Å². The van der Waals surface area contributed by atoms with Crippen molar-refractivity contribution in [1.29, 1.82) is 0 Å². The van der Waals surface area contributed by atoms with Gasteiger partial charge in [0.05, 0.1) is 12.5 Å². The molecule has 1 amide bonds. The Morgan fingerprint density at radius 2 is 1.94 bits per heavy atom. The van der Waals surface area contributed by atoms with Crippen LogP contribution in [0.2, 0.25) is 0 Å². The van der Waals surface area contributed by atoms with Crippen molar-refractivity contribution >= 4 is 11.9 Å². The molecule has 0 fully saturated rings. The third-order valence-corrected chi connectivity index (χ3v) is 2.83. The lowest BCUT2D eigenvalue weighted by atomic mass is 10.0. The maximum Gasteiger partial charge on any atom is 0.307 e. The minimum atomic E-state index is -0.828. The van der Waals surface area contributed by atoms with E-state index in [0.717, 1.165) is 13.0 Å². The zero-order valence-corrected chi connectivity index (χ0v) is 10.5. The molecule has 5 nitrogen and oxygen atoms in total. The number of carboxylic acid groups (broad SMARTS) is 1. The predicted molar refractivity (Wildman–Crippen MR) is 62.2 cm³/mol. The van der Waals surface area contributed by atoms with E-state index < -0.39 is 11.9 Å². The van der Waals surface area contributed by atoms with Crippen LogP contribution in [-0.2, 0) is 9.59 Å². The first-order chi connectivity index (χ1) is 7.43. The first-order valence-corrected chi connectivity index (χ1v) is 5.61. The van der Waals surface area contributed by atoms with Crippen molar-refractivity contribution < 1.29 is 14.7 Å². The lowest BCUT2D eigenvalue weighted by Gasteiger charge is -2.30. The summed E-state index contributed by atoms with van der Waals surface area (Å²) in [4.78, 5) is 24.1. The average Bonchev–Trinajstić information content (AvgIpc) is 2.26. The van der Waals surface area contributed by atoms with Gasteiger partial charge < -0.3 is 10.4 Å². The summed E-state index contributed by atoms with van der Waals surface area (Å²) in [5.41, 5.74) is 0. The van der Waals surface area contributed by atoms with Crippen LogP contribution in [0.4, 0.5) is 0 Å². The maximum atomic E-state index is 11.3. The Morgan fingerprint density at radius 1 is 1.38 bits per heavy atom. The Labute approximate surface area is 96.8 Å². The van der Waals surface area contributed by atoms with Crippen LogP contribution in [-0.4, -0.2) is 48.1 Å². The van der Waals surface area contributed by atoms with Gasteiger partial charge in [0.15, 0.2) is 0 Å². The van der Waals surface area contributed by atoms with E-state index in [-0.39, 0.29) is 18.5 Å². The molecule has 2 atom stereocenters. The molecule has 0 aliphatic carbocycles. The summed E-state index contributed by atoms with van der Waals surface area (Å²) in [6, 6.07) is -0.144. The number of amides is 1. The molecule has 0 saturated carbocycles. The third-order valence-electron chi connectivity index (χ3n) is 2.83. The summed E-state index contributed by atoms with van der Waals surface area (Å²) in [6.45, 7) is 6.50. The zero-order chi connectivity index (χ0) is 12.7. The monoisotopic (exact) mass is 230 g/mol. The quantitative estimate of drug-likeness (QED) is 0.670. The molecule has 0 rings (SSSR count). The molecule has 0 aromatic heterocycles. The number of hydrogen-bond acceptors (Lipinski definition) is 3. The largest absolute Gasteiger partial charge is 0.481 e. The summed E-state index contributed by atoms with van der Waals surface area (Å²) in [5, 5.41) is 11.5. The van der Waals surface area contributed by atoms with Crippen molar-refractivity contribution in [3.63, 3.8) is 0 Å². The standard InChI is InChI=1S/C11H22N2O3/c1-5-6-13(7-10(14)12-4)9(3)8(2)11(15)16/h8-9H,5-7H2,1-4H3,(H,12,14)(H,15,16). The molecule has 94 valence electrons. The van der Waals surface area contributed by atoms with E-state index in [1.807, 2.05) is 18.7 Å². The fourth-order valence-electron chi connectivity index (χ4n) is 1.50. The van der Waals surface area contributed by atoms with Gasteiger partial charge in [-0.3, -0.25) is 14.5 Å². The molecule has 0 bridgehead atoms. The van der Waals surface area contributed by atoms with Crippen molar-refractivity contribution in [3.8, 4) is 0 Å². The van der Waals surface area contributed by atoms with Crippen LogP contribution in [0.15, 0.2) is 0 Å². The molecule has 2 N–H and O–H groups in total. The smallest absolute Gasteiger partial charge is 0.307 e. The number of aliphatic carboxylic acids is 1. The first-order valence-electron chi connectivity index (χ1n) is 5.61. The first kappa shape index (κ1) is 14.9. The van der Waals surface area contributed by atoms with Crippen LogP contribution >= 0.6 is 0 Å². The summed E-state index contributed by atoms with van der Waals surface area (Å²) in [5.74, 6) is -1.39. The number of nitrogens with one attached hydrogen (secondary N) is 1. The number of carbonyl (C=O) groups excluding carboxylic acids is 1. The molecule has 0 aromatic carbocycles. The highest BCUT2D eigenvalue weighted by Crippen LogP contribution is 2.11. The van der Waals surface area contributed by atoms with Gasteiger partial charge in [0.25, 0.3) is 0 Å². The molecule has 5 heteroatoms. The van der Waals surface area contributed by atoms with Crippen LogP contribution < -0.4 is 5.32 Å². The lowest BCUT2D eigenvalue weighted by molar-refractivity contribution is -0.144. The Balaban J connectivity index is 4.50. The highest BCUT2D eigenvalue weighted by molar-refractivity contribution is 5.78. The number of carboxylic acids is 1. The molecule has 0 aliphatic heterocycles. The average molecular weight is 230 g/mol. The number of likely N-dealkylation sites (N-methyl/N-ethyl adjacent to an activating group) is 1. The number of hydrogen-bond donors (Lipinski definition) is 2. The van der Waals surface area contributed by atoms with Crippen molar-refractivity contribution in [2.75, 3.05) is 20.1 Å². The molecule has 0 spiro atoms. The van der Waals surface area contributed by atoms with Gasteiger partial charge >= 0.3 is 5.97 Å². The molecular weight excluding hydrogens is 208 g/mol. The van der Waals surface area contributed by atoms with Crippen LogP contribution in [0.1, 0.15) is 27.2 Å². The predicted octanol–water partition coefficient (Wildman–Crippen LogP) is 0.554. The van der Waals surface area contributed by atoms with Crippen LogP contribution in [0.25, 0.3) is 0 Å². The SMILES string of the molecule is CCCN(CC(=O)NC)C(C)C(C)C(=O)O. The van der Waals surface area contributed by atoms with Gasteiger partial charge in [0.1, 0.15) is 0 Å². The van der Waals surface area contributed by atoms with Crippen LogP contribution in [0.5, 0.6) is 0 Å². The van der Waals surface area contributed by atoms with E-state index in [9.17, 15) is 9.59 Å². The van der Waals surface area contributed by atoms with Crippen molar-refractivity contribution in [3.05, 3.63) is 0 Å². The highest BCUT2D eigenvalue weighted by Gasteiger charge is 2.25. The number of rotatable bonds is 7. The van der Waals surface area contributed by atoms with Crippen LogP contribution in [0, 0.1) is 5.92 Å². The van der Waals surface area contributed by atoms with Crippen LogP contribution in [0.3, 0.4) is 0 Å². The van der Waals surface area contributed by atoms with E-state index in [1.54, 1.807) is 14.0 Å². The van der Waals surface area contributed by atoms with Crippen molar-refractivity contribution in [2.24, 2.45) is 5.92 Å². The van der Waals surface area contributed by atoms with Gasteiger partial charge in [0.2, 0.25) is 5.91 Å². The fraction of sp³-hybridized carbons (Fsp3) is 0.818. The number of carbonyl (C=O) groups is 2. The van der Waals surface area contributed by atoms with Gasteiger partial charge in [-0.15, -0.1) is 0 Å². The Bertz CT molecular complexity index is 243. The molecule has 0 aromatic rings. The molecular formula is C11H22N2O3. The van der Waals surface area contributed by atoms with Gasteiger partial charge in [0, 0.05) is 13.1 Å². The Morgan fingerprint density at radius 3 is 2.31 bits per heavy atom. The summed E-state index contributed by atoms with van der Waals surface area (Å²) in [6.07, 6.45) is 0.897. The van der Waals surface area contributed by atoms with Gasteiger partial charge in [-0.05, 0) is 19.9 Å². The Hall–Kier alpha value is -1.10. The normalized spacial score (nSPS) is 14.6. The summed E-state index contributed by atoms with van der Waals surface area (Å²) < 4.78 is 0. The van der Waals surface area contributed by atoms with E-state index >= 15 is 0 Å². The second kappa shape index (κ2) is 7.22. The van der Waals surface area contributed by atoms with Crippen molar-refractivity contribution in [1.82, 2.24) is 10.2 Å². The minimum absolute atomic E-state index is 0.0853. The van der Waals surface area contributed by atoms with E-state index in [4.69, 9.17) is 5.11 Å². The molecule has 0 radical (unpaired) electrons. The molecule has 2 unspecified atom stereocenters. The van der Waals surface area contributed by atoms with Gasteiger partial charge in [-0.1, -0.05) is 13.8 Å². The molecule has 16 heavy (non-hydrogen) atoms. The van der Waals surface area contributed by atoms with E-state index in [0.29, 0.717) is 0 Å². The second-order valence-electron chi connectivity index (χ2n) is 4.01. The zero-order valence-electron chi connectivity index (χ0n) is 10.5. The lowest BCUT2D eigenvalue weighted by Crippen LogP contribution is -2.45. The maximum absolute atomic E-state index is 11.3. The third kappa shape index (κ3) is 4.61. The molecule has 0 heterocycles. The van der Waals surface area contributed by atoms with E-state index in [1.165, 1.54) is 0 Å².